The van der Waals surface area contributed by atoms with Crippen molar-refractivity contribution in [3.8, 4) is 0 Å². The van der Waals surface area contributed by atoms with E-state index in [2.05, 4.69) is 0 Å². The van der Waals surface area contributed by atoms with E-state index in [0.717, 1.165) is 0 Å². The van der Waals surface area contributed by atoms with Gasteiger partial charge >= 0.3 is 58.8 Å². The summed E-state index contributed by atoms with van der Waals surface area (Å²) in [6.45, 7) is 0. The normalized spacial score (nSPS) is 0. The van der Waals surface area contributed by atoms with Crippen molar-refractivity contribution in [2.24, 2.45) is 0 Å². The number of hydrogen-bond acceptors (Lipinski definition) is 0. The van der Waals surface area contributed by atoms with E-state index in [1.165, 1.54) is 0 Å². The molecule has 0 unspecified atom stereocenters. The smallest absolute Gasteiger partial charge is 2.00 e. The van der Waals surface area contributed by atoms with E-state index in [9.17, 15) is 0 Å². The maximum absolute atomic E-state index is 0. The average Bonchev–Trinajstić information content (AvgIpc) is 0. The van der Waals surface area contributed by atoms with Gasteiger partial charge < -0.3 is 16.4 Å². The summed E-state index contributed by atoms with van der Waals surface area (Å²) in [7, 11) is 0. The van der Waals surface area contributed by atoms with E-state index in [-0.39, 0.29) is 75.2 Å². The molecule has 0 radical (unpaired) electrons. The fraction of sp³-hybridized carbons (Fsp3) is 0. The molecule has 0 spiro atoms. The van der Waals surface area contributed by atoms with Crippen molar-refractivity contribution in [2.45, 2.75) is 0 Å². The van der Waals surface area contributed by atoms with Crippen LogP contribution in [0, 0.1) is 41.7 Å². The molecule has 0 bridgehead atoms. The van der Waals surface area contributed by atoms with Gasteiger partial charge in [-0.3, -0.25) is 0 Å². The first-order chi connectivity index (χ1) is 0. The molecule has 30 valence electrons. The van der Waals surface area contributed by atoms with Crippen molar-refractivity contribution in [3.05, 3.63) is 0 Å². The minimum absolute atomic E-state index is 0. The monoisotopic (exact) mass is 244 g/mol. The second kappa shape index (κ2) is 41.8. The van der Waals surface area contributed by atoms with Crippen LogP contribution in [0.5, 0.6) is 0 Å². The van der Waals surface area contributed by atoms with Crippen LogP contribution in [-0.4, -0.2) is 0 Å². The predicted octanol–water partition coefficient (Wildman–Crippen LogP) is -0.359. The molecule has 0 aromatic carbocycles. The van der Waals surface area contributed by atoms with Crippen LogP contribution in [0.2, 0.25) is 0 Å². The summed E-state index contributed by atoms with van der Waals surface area (Å²) in [5.74, 6) is 0. The molecule has 0 rings (SSSR count). The standard InChI is InChI=1S/Ce.Fe.3O/q+4;+2;3*-2. The molecule has 0 aliphatic carbocycles. The van der Waals surface area contributed by atoms with E-state index in [1.807, 2.05) is 0 Å². The van der Waals surface area contributed by atoms with Crippen molar-refractivity contribution >= 4 is 0 Å². The zero-order valence-corrected chi connectivity index (χ0v) is 6.32. The summed E-state index contributed by atoms with van der Waals surface area (Å²) in [5.41, 5.74) is 0. The van der Waals surface area contributed by atoms with Gasteiger partial charge in [0.2, 0.25) is 0 Å². The van der Waals surface area contributed by atoms with Crippen molar-refractivity contribution in [3.63, 3.8) is 0 Å². The first-order valence-corrected chi connectivity index (χ1v) is 0. The Morgan fingerprint density at radius 3 is 0.600 bits per heavy atom. The molecule has 0 N–H and O–H groups in total. The van der Waals surface area contributed by atoms with E-state index in [4.69, 9.17) is 0 Å². The maximum Gasteiger partial charge on any atom is 4.00 e. The Morgan fingerprint density at radius 1 is 0.600 bits per heavy atom. The second-order valence-electron chi connectivity index (χ2n) is 0. The molecule has 0 saturated heterocycles. The Bertz CT molecular complexity index is 6.85. The Morgan fingerprint density at radius 2 is 0.600 bits per heavy atom. The number of rotatable bonds is 0. The van der Waals surface area contributed by atoms with Gasteiger partial charge in [0, 0.05) is 0 Å². The molecule has 0 aromatic heterocycles. The van der Waals surface area contributed by atoms with Crippen molar-refractivity contribution < 1.29 is 75.2 Å². The molecule has 5 heteroatoms. The van der Waals surface area contributed by atoms with E-state index in [1.54, 1.807) is 0 Å². The zero-order chi connectivity index (χ0) is 0. The molecule has 0 heterocycles. The molecule has 0 aliphatic rings. The third-order valence-corrected chi connectivity index (χ3v) is 0. The first kappa shape index (κ1) is 71.7. The molecule has 0 saturated carbocycles. The molecule has 0 amide bonds. The van der Waals surface area contributed by atoms with E-state index >= 15 is 0 Å². The Balaban J connectivity index is 0. The molecule has 0 fully saturated rings. The quantitative estimate of drug-likeness (QED) is 0.521. The Hall–Kier alpha value is 1.78. The Kier molecular flexibility index (Phi) is 599. The molecule has 0 aromatic rings. The third-order valence-electron chi connectivity index (χ3n) is 0. The molecular formula is CeFeO3. The zero-order valence-electron chi connectivity index (χ0n) is 2.08. The van der Waals surface area contributed by atoms with Crippen molar-refractivity contribution in [2.75, 3.05) is 0 Å². The first-order valence-electron chi connectivity index (χ1n) is 0. The van der Waals surface area contributed by atoms with Gasteiger partial charge in [0.1, 0.15) is 0 Å². The fourth-order valence-corrected chi connectivity index (χ4v) is 0. The van der Waals surface area contributed by atoms with Gasteiger partial charge in [0.05, 0.1) is 0 Å². The molecule has 0 aliphatic heterocycles. The summed E-state index contributed by atoms with van der Waals surface area (Å²) >= 11 is 0. The number of hydrogen-bond donors (Lipinski definition) is 0. The topological polar surface area (TPSA) is 85.5 Å². The van der Waals surface area contributed by atoms with Gasteiger partial charge in [-0.05, 0) is 0 Å². The van der Waals surface area contributed by atoms with E-state index < -0.39 is 0 Å². The van der Waals surface area contributed by atoms with Gasteiger partial charge in [0.15, 0.2) is 0 Å². The van der Waals surface area contributed by atoms with Crippen LogP contribution in [0.1, 0.15) is 0 Å². The Labute approximate surface area is 74.3 Å². The SMILES string of the molecule is [Ce+4].[Fe+2].[O-2].[O-2].[O-2]. The van der Waals surface area contributed by atoms with Crippen molar-refractivity contribution in [1.29, 1.82) is 0 Å². The van der Waals surface area contributed by atoms with Crippen LogP contribution in [0.4, 0.5) is 0 Å². The van der Waals surface area contributed by atoms with Gasteiger partial charge in [-0.2, -0.15) is 0 Å². The van der Waals surface area contributed by atoms with Gasteiger partial charge in [-0.25, -0.2) is 0 Å². The molecule has 0 atom stereocenters. The average molecular weight is 244 g/mol. The van der Waals surface area contributed by atoms with Crippen LogP contribution in [0.3, 0.4) is 0 Å². The fourth-order valence-electron chi connectivity index (χ4n) is 0. The summed E-state index contributed by atoms with van der Waals surface area (Å²) in [6, 6.07) is 0. The van der Waals surface area contributed by atoms with Gasteiger partial charge in [-0.15, -0.1) is 0 Å². The van der Waals surface area contributed by atoms with Gasteiger partial charge in [0.25, 0.3) is 0 Å². The second-order valence-corrected chi connectivity index (χ2v) is 0. The van der Waals surface area contributed by atoms with Crippen LogP contribution >= 0.6 is 0 Å². The van der Waals surface area contributed by atoms with Crippen LogP contribution in [0.15, 0.2) is 0 Å². The summed E-state index contributed by atoms with van der Waals surface area (Å²) < 4.78 is 0. The van der Waals surface area contributed by atoms with Crippen LogP contribution < -0.4 is 0 Å². The summed E-state index contributed by atoms with van der Waals surface area (Å²) in [4.78, 5) is 0. The molecule has 3 nitrogen and oxygen atoms in total. The third kappa shape index (κ3) is 26.1. The maximum atomic E-state index is 0. The van der Waals surface area contributed by atoms with Crippen LogP contribution in [0.25, 0.3) is 0 Å². The molecule has 5 heavy (non-hydrogen) atoms. The van der Waals surface area contributed by atoms with E-state index in [0.29, 0.717) is 0 Å². The largest absolute Gasteiger partial charge is 4.00 e. The minimum Gasteiger partial charge on any atom is -2.00 e. The predicted molar refractivity (Wildman–Crippen MR) is 2.06 cm³/mol. The minimum atomic E-state index is 0. The summed E-state index contributed by atoms with van der Waals surface area (Å²) in [6.07, 6.45) is 0. The molecular weight excluding hydrogens is 244 g/mol. The summed E-state index contributed by atoms with van der Waals surface area (Å²) in [5, 5.41) is 0. The van der Waals surface area contributed by atoms with Crippen LogP contribution in [-0.2, 0) is 33.5 Å². The van der Waals surface area contributed by atoms with Crippen molar-refractivity contribution in [1.82, 2.24) is 0 Å². The van der Waals surface area contributed by atoms with Gasteiger partial charge in [-0.1, -0.05) is 0 Å².